The van der Waals surface area contributed by atoms with E-state index < -0.39 is 0 Å². The van der Waals surface area contributed by atoms with Gasteiger partial charge in [-0.05, 0) is 46.3 Å². The molecule has 1 aromatic rings. The Morgan fingerprint density at radius 3 is 2.21 bits per heavy atom. The molecule has 0 spiro atoms. The summed E-state index contributed by atoms with van der Waals surface area (Å²) in [6.07, 6.45) is 2.27. The van der Waals surface area contributed by atoms with Gasteiger partial charge in [0.25, 0.3) is 0 Å². The van der Waals surface area contributed by atoms with Gasteiger partial charge in [0.1, 0.15) is 16.0 Å². The molecule has 0 saturated heterocycles. The van der Waals surface area contributed by atoms with Crippen molar-refractivity contribution < 1.29 is 9.47 Å². The van der Waals surface area contributed by atoms with Crippen molar-refractivity contribution >= 4 is 15.9 Å². The summed E-state index contributed by atoms with van der Waals surface area (Å²) in [7, 11) is 3.39. The second kappa shape index (κ2) is 5.33. The molecule has 1 saturated carbocycles. The maximum absolute atomic E-state index is 5.97. The smallest absolute Gasteiger partial charge is 0.140 e. The summed E-state index contributed by atoms with van der Waals surface area (Å²) < 4.78 is 12.0. The van der Waals surface area contributed by atoms with E-state index in [0.717, 1.165) is 28.8 Å². The standard InChI is InChI=1S/C15H22BrNO2/c1-9(2)10-7-11(15(8-17)5-6-15)14(19-4)12(16)13(10)18-3/h7,9H,5-6,8,17H2,1-4H3. The summed E-state index contributed by atoms with van der Waals surface area (Å²) in [5.74, 6) is 2.12. The summed E-state index contributed by atoms with van der Waals surface area (Å²) in [5.41, 5.74) is 8.49. The molecular weight excluding hydrogens is 306 g/mol. The van der Waals surface area contributed by atoms with Crippen LogP contribution >= 0.6 is 15.9 Å². The predicted octanol–water partition coefficient (Wildman–Crippen LogP) is 3.58. The van der Waals surface area contributed by atoms with Gasteiger partial charge in [-0.1, -0.05) is 13.8 Å². The van der Waals surface area contributed by atoms with Gasteiger partial charge in [0, 0.05) is 17.5 Å². The summed E-state index contributed by atoms with van der Waals surface area (Å²) in [6, 6.07) is 2.22. The van der Waals surface area contributed by atoms with Crippen molar-refractivity contribution in [2.24, 2.45) is 5.73 Å². The van der Waals surface area contributed by atoms with Crippen LogP contribution in [0.5, 0.6) is 11.5 Å². The number of ether oxygens (including phenoxy) is 2. The van der Waals surface area contributed by atoms with Crippen molar-refractivity contribution in [2.75, 3.05) is 20.8 Å². The first kappa shape index (κ1) is 14.7. The van der Waals surface area contributed by atoms with Crippen LogP contribution in [-0.4, -0.2) is 20.8 Å². The lowest BCUT2D eigenvalue weighted by molar-refractivity contribution is 0.378. The molecule has 1 aromatic carbocycles. The number of rotatable bonds is 5. The number of methoxy groups -OCH3 is 2. The van der Waals surface area contributed by atoms with Crippen LogP contribution in [0.2, 0.25) is 0 Å². The zero-order chi connectivity index (χ0) is 14.2. The van der Waals surface area contributed by atoms with Crippen LogP contribution in [0.3, 0.4) is 0 Å². The molecule has 0 bridgehead atoms. The molecule has 1 aliphatic rings. The first-order valence-corrected chi connectivity index (χ1v) is 7.45. The normalized spacial score (nSPS) is 16.6. The molecule has 19 heavy (non-hydrogen) atoms. The molecule has 1 fully saturated rings. The van der Waals surface area contributed by atoms with Gasteiger partial charge in [-0.15, -0.1) is 0 Å². The third kappa shape index (κ3) is 2.36. The van der Waals surface area contributed by atoms with Crippen LogP contribution in [-0.2, 0) is 5.41 Å². The number of hydrogen-bond donors (Lipinski definition) is 1. The summed E-state index contributed by atoms with van der Waals surface area (Å²) in [5, 5.41) is 0. The van der Waals surface area contributed by atoms with Gasteiger partial charge >= 0.3 is 0 Å². The minimum absolute atomic E-state index is 0.101. The Hall–Kier alpha value is -0.740. The zero-order valence-electron chi connectivity index (χ0n) is 12.0. The van der Waals surface area contributed by atoms with Crippen LogP contribution in [0, 0.1) is 0 Å². The molecule has 2 N–H and O–H groups in total. The molecule has 4 heteroatoms. The van der Waals surface area contributed by atoms with E-state index in [2.05, 4.69) is 35.8 Å². The fourth-order valence-electron chi connectivity index (χ4n) is 2.60. The van der Waals surface area contributed by atoms with Gasteiger partial charge in [0.05, 0.1) is 14.2 Å². The first-order valence-electron chi connectivity index (χ1n) is 6.65. The van der Waals surface area contributed by atoms with E-state index in [1.807, 2.05) is 0 Å². The minimum atomic E-state index is 0.101. The van der Waals surface area contributed by atoms with Crippen molar-refractivity contribution in [3.8, 4) is 11.5 Å². The van der Waals surface area contributed by atoms with Crippen molar-refractivity contribution in [1.29, 1.82) is 0 Å². The van der Waals surface area contributed by atoms with E-state index in [-0.39, 0.29) is 5.41 Å². The van der Waals surface area contributed by atoms with Crippen molar-refractivity contribution in [2.45, 2.75) is 38.0 Å². The highest BCUT2D eigenvalue weighted by Gasteiger charge is 2.46. The topological polar surface area (TPSA) is 44.5 Å². The summed E-state index contributed by atoms with van der Waals surface area (Å²) in [4.78, 5) is 0. The molecule has 0 aliphatic heterocycles. The average Bonchev–Trinajstić information content (AvgIpc) is 3.18. The van der Waals surface area contributed by atoms with Gasteiger partial charge in [-0.3, -0.25) is 0 Å². The Morgan fingerprint density at radius 1 is 1.26 bits per heavy atom. The Kier molecular flexibility index (Phi) is 4.11. The highest BCUT2D eigenvalue weighted by atomic mass is 79.9. The second-order valence-corrected chi connectivity index (χ2v) is 6.33. The molecule has 0 atom stereocenters. The van der Waals surface area contributed by atoms with Crippen LogP contribution < -0.4 is 15.2 Å². The van der Waals surface area contributed by atoms with E-state index in [1.165, 1.54) is 11.1 Å². The quantitative estimate of drug-likeness (QED) is 0.898. The highest BCUT2D eigenvalue weighted by molar-refractivity contribution is 9.10. The molecule has 0 radical (unpaired) electrons. The molecular formula is C15H22BrNO2. The third-order valence-electron chi connectivity index (χ3n) is 4.05. The van der Waals surface area contributed by atoms with Crippen LogP contribution in [0.25, 0.3) is 0 Å². The van der Waals surface area contributed by atoms with Crippen LogP contribution in [0.15, 0.2) is 10.5 Å². The largest absolute Gasteiger partial charge is 0.495 e. The predicted molar refractivity (Wildman–Crippen MR) is 81.3 cm³/mol. The zero-order valence-corrected chi connectivity index (χ0v) is 13.6. The SMILES string of the molecule is COc1c(C(C)C)cc(C2(CN)CC2)c(OC)c1Br. The average molecular weight is 328 g/mol. The summed E-state index contributed by atoms with van der Waals surface area (Å²) in [6.45, 7) is 5.00. The monoisotopic (exact) mass is 327 g/mol. The third-order valence-corrected chi connectivity index (χ3v) is 4.77. The Labute approximate surface area is 123 Å². The van der Waals surface area contributed by atoms with E-state index >= 15 is 0 Å². The second-order valence-electron chi connectivity index (χ2n) is 5.53. The lowest BCUT2D eigenvalue weighted by atomic mass is 9.90. The molecule has 2 rings (SSSR count). The fraction of sp³-hybridized carbons (Fsp3) is 0.600. The van der Waals surface area contributed by atoms with Crippen LogP contribution in [0.4, 0.5) is 0 Å². The van der Waals surface area contributed by atoms with E-state index in [4.69, 9.17) is 15.2 Å². The molecule has 3 nitrogen and oxygen atoms in total. The van der Waals surface area contributed by atoms with Crippen molar-refractivity contribution in [3.63, 3.8) is 0 Å². The Bertz CT molecular complexity index is 482. The maximum Gasteiger partial charge on any atom is 0.140 e. The highest BCUT2D eigenvalue weighted by Crippen LogP contribution is 2.55. The van der Waals surface area contributed by atoms with Crippen molar-refractivity contribution in [3.05, 3.63) is 21.7 Å². The van der Waals surface area contributed by atoms with Crippen LogP contribution in [0.1, 0.15) is 43.7 Å². The lowest BCUT2D eigenvalue weighted by Gasteiger charge is -2.23. The molecule has 1 aliphatic carbocycles. The molecule has 0 aromatic heterocycles. The van der Waals surface area contributed by atoms with Gasteiger partial charge < -0.3 is 15.2 Å². The Morgan fingerprint density at radius 2 is 1.84 bits per heavy atom. The van der Waals surface area contributed by atoms with Gasteiger partial charge in [0.2, 0.25) is 0 Å². The first-order chi connectivity index (χ1) is 9.00. The lowest BCUT2D eigenvalue weighted by Crippen LogP contribution is -2.21. The van der Waals surface area contributed by atoms with E-state index in [0.29, 0.717) is 12.5 Å². The van der Waals surface area contributed by atoms with E-state index in [9.17, 15) is 0 Å². The van der Waals surface area contributed by atoms with Gasteiger partial charge in [0.15, 0.2) is 0 Å². The summed E-state index contributed by atoms with van der Waals surface area (Å²) >= 11 is 3.63. The number of halogens is 1. The Balaban J connectivity index is 2.66. The number of nitrogens with two attached hydrogens (primary N) is 1. The van der Waals surface area contributed by atoms with Crippen molar-refractivity contribution in [1.82, 2.24) is 0 Å². The molecule has 106 valence electrons. The minimum Gasteiger partial charge on any atom is -0.495 e. The number of hydrogen-bond acceptors (Lipinski definition) is 3. The molecule has 0 heterocycles. The molecule has 0 unspecified atom stereocenters. The van der Waals surface area contributed by atoms with Gasteiger partial charge in [-0.25, -0.2) is 0 Å². The molecule has 0 amide bonds. The van der Waals surface area contributed by atoms with Gasteiger partial charge in [-0.2, -0.15) is 0 Å². The van der Waals surface area contributed by atoms with E-state index in [1.54, 1.807) is 14.2 Å². The maximum atomic E-state index is 5.97. The number of benzene rings is 1. The fourth-order valence-corrected chi connectivity index (χ4v) is 3.37.